The SMILES string of the molecule is CCOC(=O)CCCOc1cc[c]cc1. The Morgan fingerprint density at radius 2 is 2.13 bits per heavy atom. The lowest BCUT2D eigenvalue weighted by atomic mass is 10.3. The topological polar surface area (TPSA) is 35.5 Å². The number of rotatable bonds is 6. The van der Waals surface area contributed by atoms with Crippen molar-refractivity contribution >= 4 is 5.97 Å². The van der Waals surface area contributed by atoms with Gasteiger partial charge in [0.05, 0.1) is 13.2 Å². The molecule has 1 radical (unpaired) electrons. The standard InChI is InChI=1S/C12H15O3/c1-2-14-12(13)9-6-10-15-11-7-4-3-5-8-11/h4-5,7-8H,2,6,9-10H2,1H3. The predicted octanol–water partition coefficient (Wildman–Crippen LogP) is 2.21. The highest BCUT2D eigenvalue weighted by atomic mass is 16.5. The Labute approximate surface area is 90.0 Å². The lowest BCUT2D eigenvalue weighted by molar-refractivity contribution is -0.143. The normalized spacial score (nSPS) is 9.67. The average Bonchev–Trinajstić information content (AvgIpc) is 2.26. The van der Waals surface area contributed by atoms with Crippen LogP contribution in [-0.4, -0.2) is 19.2 Å². The molecule has 0 unspecified atom stereocenters. The summed E-state index contributed by atoms with van der Waals surface area (Å²) in [5.41, 5.74) is 0. The van der Waals surface area contributed by atoms with E-state index in [1.165, 1.54) is 0 Å². The van der Waals surface area contributed by atoms with Gasteiger partial charge >= 0.3 is 5.97 Å². The molecule has 1 rings (SSSR count). The minimum Gasteiger partial charge on any atom is -0.494 e. The molecule has 3 heteroatoms. The minimum absolute atomic E-state index is 0.164. The summed E-state index contributed by atoms with van der Waals surface area (Å²) in [6.45, 7) is 2.77. The van der Waals surface area contributed by atoms with E-state index in [1.54, 1.807) is 19.1 Å². The highest BCUT2D eigenvalue weighted by molar-refractivity contribution is 5.69. The number of benzene rings is 1. The second-order valence-electron chi connectivity index (χ2n) is 2.99. The quantitative estimate of drug-likeness (QED) is 0.530. The largest absolute Gasteiger partial charge is 0.494 e. The van der Waals surface area contributed by atoms with Gasteiger partial charge in [0.1, 0.15) is 5.75 Å². The van der Waals surface area contributed by atoms with E-state index >= 15 is 0 Å². The second kappa shape index (κ2) is 6.87. The van der Waals surface area contributed by atoms with Gasteiger partial charge in [-0.05, 0) is 31.5 Å². The van der Waals surface area contributed by atoms with Crippen LogP contribution in [0.4, 0.5) is 0 Å². The van der Waals surface area contributed by atoms with Crippen LogP contribution >= 0.6 is 0 Å². The molecule has 0 bridgehead atoms. The maximum Gasteiger partial charge on any atom is 0.305 e. The molecular weight excluding hydrogens is 192 g/mol. The van der Waals surface area contributed by atoms with Gasteiger partial charge in [-0.15, -0.1) is 0 Å². The summed E-state index contributed by atoms with van der Waals surface area (Å²) in [7, 11) is 0. The zero-order valence-corrected chi connectivity index (χ0v) is 8.86. The Kier molecular flexibility index (Phi) is 5.30. The summed E-state index contributed by atoms with van der Waals surface area (Å²) in [4.78, 5) is 11.0. The molecule has 0 spiro atoms. The van der Waals surface area contributed by atoms with Crippen molar-refractivity contribution < 1.29 is 14.3 Å². The van der Waals surface area contributed by atoms with Gasteiger partial charge in [0, 0.05) is 6.42 Å². The van der Waals surface area contributed by atoms with Crippen molar-refractivity contribution in [2.75, 3.05) is 13.2 Å². The lowest BCUT2D eigenvalue weighted by Gasteiger charge is -2.05. The minimum atomic E-state index is -0.164. The lowest BCUT2D eigenvalue weighted by Crippen LogP contribution is -2.06. The highest BCUT2D eigenvalue weighted by Gasteiger charge is 2.00. The van der Waals surface area contributed by atoms with E-state index in [2.05, 4.69) is 6.07 Å². The van der Waals surface area contributed by atoms with Gasteiger partial charge in [-0.2, -0.15) is 0 Å². The smallest absolute Gasteiger partial charge is 0.305 e. The Morgan fingerprint density at radius 1 is 1.40 bits per heavy atom. The summed E-state index contributed by atoms with van der Waals surface area (Å²) in [5.74, 6) is 0.639. The first-order valence-corrected chi connectivity index (χ1v) is 5.07. The molecule has 0 N–H and O–H groups in total. The third kappa shape index (κ3) is 5.05. The Morgan fingerprint density at radius 3 is 2.80 bits per heavy atom. The van der Waals surface area contributed by atoms with Gasteiger partial charge in [-0.25, -0.2) is 0 Å². The summed E-state index contributed by atoms with van der Waals surface area (Å²) < 4.78 is 10.2. The van der Waals surface area contributed by atoms with Crippen molar-refractivity contribution in [1.82, 2.24) is 0 Å². The van der Waals surface area contributed by atoms with Crippen LogP contribution in [0.5, 0.6) is 5.75 Å². The first kappa shape index (κ1) is 11.6. The van der Waals surface area contributed by atoms with Crippen molar-refractivity contribution in [2.24, 2.45) is 0 Å². The number of ether oxygens (including phenoxy) is 2. The Bertz CT molecular complexity index is 282. The first-order chi connectivity index (χ1) is 7.33. The summed E-state index contributed by atoms with van der Waals surface area (Å²) in [6.07, 6.45) is 1.09. The molecule has 1 aromatic rings. The van der Waals surface area contributed by atoms with E-state index in [0.717, 1.165) is 5.75 Å². The van der Waals surface area contributed by atoms with Crippen LogP contribution in [0, 0.1) is 6.07 Å². The van der Waals surface area contributed by atoms with Crippen LogP contribution in [0.25, 0.3) is 0 Å². The van der Waals surface area contributed by atoms with E-state index in [1.807, 2.05) is 12.1 Å². The third-order valence-corrected chi connectivity index (χ3v) is 1.79. The molecule has 81 valence electrons. The monoisotopic (exact) mass is 207 g/mol. The molecule has 0 aliphatic carbocycles. The maximum atomic E-state index is 11.0. The van der Waals surface area contributed by atoms with Crippen LogP contribution < -0.4 is 4.74 Å². The molecule has 0 heterocycles. The van der Waals surface area contributed by atoms with E-state index in [9.17, 15) is 4.79 Å². The Balaban J connectivity index is 2.10. The molecule has 0 fully saturated rings. The molecular formula is C12H15O3. The van der Waals surface area contributed by atoms with Gasteiger partial charge in [-0.3, -0.25) is 4.79 Å². The van der Waals surface area contributed by atoms with Crippen molar-refractivity contribution in [2.45, 2.75) is 19.8 Å². The fourth-order valence-electron chi connectivity index (χ4n) is 1.11. The van der Waals surface area contributed by atoms with Crippen LogP contribution in [0.15, 0.2) is 24.3 Å². The van der Waals surface area contributed by atoms with Crippen LogP contribution in [0.3, 0.4) is 0 Å². The fraction of sp³-hybridized carbons (Fsp3) is 0.417. The average molecular weight is 207 g/mol. The number of esters is 1. The molecule has 15 heavy (non-hydrogen) atoms. The zero-order chi connectivity index (χ0) is 10.9. The van der Waals surface area contributed by atoms with E-state index < -0.39 is 0 Å². The molecule has 1 aromatic carbocycles. The van der Waals surface area contributed by atoms with Crippen molar-refractivity contribution in [3.8, 4) is 5.75 Å². The van der Waals surface area contributed by atoms with Gasteiger partial charge in [0.25, 0.3) is 0 Å². The first-order valence-electron chi connectivity index (χ1n) is 5.07. The number of hydrogen-bond acceptors (Lipinski definition) is 3. The highest BCUT2D eigenvalue weighted by Crippen LogP contribution is 2.08. The van der Waals surface area contributed by atoms with Crippen LogP contribution in [0.2, 0.25) is 0 Å². The molecule has 0 atom stereocenters. The van der Waals surface area contributed by atoms with Gasteiger partial charge in [0.2, 0.25) is 0 Å². The number of hydrogen-bond donors (Lipinski definition) is 0. The number of carbonyl (C=O) groups excluding carboxylic acids is 1. The molecule has 0 saturated heterocycles. The van der Waals surface area contributed by atoms with Crippen molar-refractivity contribution in [3.05, 3.63) is 30.3 Å². The second-order valence-corrected chi connectivity index (χ2v) is 2.99. The summed E-state index contributed by atoms with van der Waals surface area (Å²) >= 11 is 0. The molecule has 0 aliphatic rings. The maximum absolute atomic E-state index is 11.0. The van der Waals surface area contributed by atoms with Gasteiger partial charge in [0.15, 0.2) is 0 Å². The molecule has 0 aromatic heterocycles. The van der Waals surface area contributed by atoms with E-state index in [-0.39, 0.29) is 5.97 Å². The van der Waals surface area contributed by atoms with Gasteiger partial charge < -0.3 is 9.47 Å². The molecule has 0 saturated carbocycles. The van der Waals surface area contributed by atoms with Crippen LogP contribution in [0.1, 0.15) is 19.8 Å². The van der Waals surface area contributed by atoms with Crippen LogP contribution in [-0.2, 0) is 9.53 Å². The van der Waals surface area contributed by atoms with E-state index in [4.69, 9.17) is 9.47 Å². The molecule has 0 aliphatic heterocycles. The Hall–Kier alpha value is -1.51. The summed E-state index contributed by atoms with van der Waals surface area (Å²) in [5, 5.41) is 0. The van der Waals surface area contributed by atoms with Gasteiger partial charge in [-0.1, -0.05) is 12.1 Å². The zero-order valence-electron chi connectivity index (χ0n) is 8.86. The summed E-state index contributed by atoms with van der Waals surface area (Å²) in [6, 6.07) is 10.2. The van der Waals surface area contributed by atoms with Crippen molar-refractivity contribution in [1.29, 1.82) is 0 Å². The number of carbonyl (C=O) groups is 1. The molecule has 0 amide bonds. The predicted molar refractivity (Wildman–Crippen MR) is 56.6 cm³/mol. The third-order valence-electron chi connectivity index (χ3n) is 1.79. The fourth-order valence-corrected chi connectivity index (χ4v) is 1.11. The van der Waals surface area contributed by atoms with Crippen molar-refractivity contribution in [3.63, 3.8) is 0 Å². The van der Waals surface area contributed by atoms with E-state index in [0.29, 0.717) is 26.1 Å². The molecule has 3 nitrogen and oxygen atoms in total.